The number of nitrogens with zero attached hydrogens (tertiary/aromatic N) is 2. The molecule has 1 atom stereocenters. The predicted molar refractivity (Wildman–Crippen MR) is 68.0 cm³/mol. The highest BCUT2D eigenvalue weighted by atomic mass is 79.9. The van der Waals surface area contributed by atoms with Gasteiger partial charge in [0.1, 0.15) is 11.9 Å². The number of aliphatic hydroxyl groups is 1. The number of hydrogen-bond donors (Lipinski definition) is 1. The Hall–Kier alpha value is -1.33. The monoisotopic (exact) mass is 296 g/mol. The van der Waals surface area contributed by atoms with Crippen LogP contribution in [0, 0.1) is 0 Å². The Balaban J connectivity index is 2.31. The van der Waals surface area contributed by atoms with Crippen LogP contribution in [-0.4, -0.2) is 22.0 Å². The molecule has 4 nitrogen and oxygen atoms in total. The maximum Gasteiger partial charge on any atom is 0.133 e. The molecule has 0 aliphatic carbocycles. The van der Waals surface area contributed by atoms with Gasteiger partial charge in [0.2, 0.25) is 0 Å². The number of aryl methyl sites for hydroxylation is 1. The predicted octanol–water partition coefficient (Wildman–Crippen LogP) is 2.27. The first kappa shape index (κ1) is 12.1. The van der Waals surface area contributed by atoms with Crippen LogP contribution < -0.4 is 4.74 Å². The van der Waals surface area contributed by atoms with Crippen molar-refractivity contribution in [2.45, 2.75) is 6.10 Å². The minimum absolute atomic E-state index is 0.629. The number of benzene rings is 1. The lowest BCUT2D eigenvalue weighted by Gasteiger charge is -2.10. The Morgan fingerprint density at radius 1 is 1.41 bits per heavy atom. The van der Waals surface area contributed by atoms with Gasteiger partial charge in [-0.3, -0.25) is 4.68 Å². The molecule has 0 aliphatic heterocycles. The second kappa shape index (κ2) is 4.89. The summed E-state index contributed by atoms with van der Waals surface area (Å²) in [6.07, 6.45) is 1.08. The number of methoxy groups -OCH3 is 1. The smallest absolute Gasteiger partial charge is 0.133 e. The zero-order valence-corrected chi connectivity index (χ0v) is 11.2. The number of hydrogen-bond acceptors (Lipinski definition) is 3. The quantitative estimate of drug-likeness (QED) is 0.945. The van der Waals surface area contributed by atoms with E-state index in [9.17, 15) is 5.11 Å². The van der Waals surface area contributed by atoms with Gasteiger partial charge in [-0.2, -0.15) is 5.10 Å². The van der Waals surface area contributed by atoms with Crippen LogP contribution in [0.4, 0.5) is 0 Å². The van der Waals surface area contributed by atoms with Crippen molar-refractivity contribution in [1.82, 2.24) is 9.78 Å². The van der Waals surface area contributed by atoms with Gasteiger partial charge in [0.25, 0.3) is 0 Å². The standard InChI is InChI=1S/C12H13BrN2O2/c1-15-6-5-10(14-15)12(16)8-3-4-11(17-2)9(13)7-8/h3-7,12,16H,1-2H3. The summed E-state index contributed by atoms with van der Waals surface area (Å²) in [4.78, 5) is 0. The third-order valence-corrected chi connectivity index (χ3v) is 3.13. The van der Waals surface area contributed by atoms with Crippen LogP contribution in [-0.2, 0) is 7.05 Å². The van der Waals surface area contributed by atoms with E-state index in [0.29, 0.717) is 5.69 Å². The molecule has 5 heteroatoms. The second-order valence-corrected chi connectivity index (χ2v) is 4.57. The van der Waals surface area contributed by atoms with Gasteiger partial charge < -0.3 is 9.84 Å². The van der Waals surface area contributed by atoms with Crippen molar-refractivity contribution in [2.24, 2.45) is 7.05 Å². The maximum absolute atomic E-state index is 10.2. The minimum Gasteiger partial charge on any atom is -0.496 e. The summed E-state index contributed by atoms with van der Waals surface area (Å²) < 4.78 is 7.62. The van der Waals surface area contributed by atoms with Crippen molar-refractivity contribution in [2.75, 3.05) is 7.11 Å². The van der Waals surface area contributed by atoms with Crippen molar-refractivity contribution >= 4 is 15.9 Å². The number of aromatic nitrogens is 2. The highest BCUT2D eigenvalue weighted by Gasteiger charge is 2.14. The summed E-state index contributed by atoms with van der Waals surface area (Å²) in [5.74, 6) is 0.738. The molecule has 0 saturated heterocycles. The lowest BCUT2D eigenvalue weighted by atomic mass is 10.1. The fourth-order valence-corrected chi connectivity index (χ4v) is 2.16. The zero-order chi connectivity index (χ0) is 12.4. The van der Waals surface area contributed by atoms with Crippen LogP contribution in [0.15, 0.2) is 34.9 Å². The normalized spacial score (nSPS) is 12.5. The summed E-state index contributed by atoms with van der Waals surface area (Å²) in [6.45, 7) is 0. The van der Waals surface area contributed by atoms with Gasteiger partial charge in [0.15, 0.2) is 0 Å². The summed E-state index contributed by atoms with van der Waals surface area (Å²) in [7, 11) is 3.43. The number of aliphatic hydroxyl groups excluding tert-OH is 1. The lowest BCUT2D eigenvalue weighted by molar-refractivity contribution is 0.214. The number of ether oxygens (including phenoxy) is 1. The van der Waals surface area contributed by atoms with Crippen molar-refractivity contribution in [3.63, 3.8) is 0 Å². The lowest BCUT2D eigenvalue weighted by Crippen LogP contribution is -2.02. The van der Waals surface area contributed by atoms with Gasteiger partial charge in [0.05, 0.1) is 17.3 Å². The van der Waals surface area contributed by atoms with Crippen LogP contribution in [0.3, 0.4) is 0 Å². The third kappa shape index (κ3) is 2.50. The van der Waals surface area contributed by atoms with E-state index in [0.717, 1.165) is 15.8 Å². The number of rotatable bonds is 3. The van der Waals surface area contributed by atoms with Crippen LogP contribution in [0.1, 0.15) is 17.4 Å². The molecule has 1 unspecified atom stereocenters. The average Bonchev–Trinajstić information content (AvgIpc) is 2.75. The van der Waals surface area contributed by atoms with Crippen molar-refractivity contribution < 1.29 is 9.84 Å². The van der Waals surface area contributed by atoms with Crippen molar-refractivity contribution in [3.05, 3.63) is 46.2 Å². The second-order valence-electron chi connectivity index (χ2n) is 3.71. The van der Waals surface area contributed by atoms with Crippen molar-refractivity contribution in [3.8, 4) is 5.75 Å². The molecule has 1 aromatic carbocycles. The summed E-state index contributed by atoms with van der Waals surface area (Å²) in [6, 6.07) is 7.26. The third-order valence-electron chi connectivity index (χ3n) is 2.51. The van der Waals surface area contributed by atoms with Gasteiger partial charge in [-0.05, 0) is 39.7 Å². The van der Waals surface area contributed by atoms with Crippen LogP contribution in [0.25, 0.3) is 0 Å². The molecular formula is C12H13BrN2O2. The highest BCUT2D eigenvalue weighted by Crippen LogP contribution is 2.29. The molecule has 90 valence electrons. The van der Waals surface area contributed by atoms with Crippen LogP contribution >= 0.6 is 15.9 Å². The molecule has 0 spiro atoms. The first-order chi connectivity index (χ1) is 8.11. The summed E-state index contributed by atoms with van der Waals surface area (Å²) in [5.41, 5.74) is 1.40. The number of halogens is 1. The Morgan fingerprint density at radius 2 is 2.18 bits per heavy atom. The maximum atomic E-state index is 10.2. The summed E-state index contributed by atoms with van der Waals surface area (Å²) in [5, 5.41) is 14.3. The molecule has 0 bridgehead atoms. The van der Waals surface area contributed by atoms with Crippen LogP contribution in [0.2, 0.25) is 0 Å². The zero-order valence-electron chi connectivity index (χ0n) is 9.59. The molecule has 2 aromatic rings. The fraction of sp³-hybridized carbons (Fsp3) is 0.250. The van der Waals surface area contributed by atoms with Gasteiger partial charge in [-0.1, -0.05) is 6.07 Å². The van der Waals surface area contributed by atoms with E-state index in [1.165, 1.54) is 0 Å². The molecule has 2 rings (SSSR count). The highest BCUT2D eigenvalue weighted by molar-refractivity contribution is 9.10. The Kier molecular flexibility index (Phi) is 3.49. The molecule has 1 N–H and O–H groups in total. The molecule has 0 amide bonds. The van der Waals surface area contributed by atoms with E-state index in [1.807, 2.05) is 25.2 Å². The van der Waals surface area contributed by atoms with E-state index in [2.05, 4.69) is 21.0 Å². The Labute approximate surface area is 108 Å². The van der Waals surface area contributed by atoms with E-state index < -0.39 is 6.10 Å². The van der Waals surface area contributed by atoms with Crippen molar-refractivity contribution in [1.29, 1.82) is 0 Å². The SMILES string of the molecule is COc1ccc(C(O)c2ccn(C)n2)cc1Br. The molecule has 0 fully saturated rings. The van der Waals surface area contributed by atoms with E-state index in [1.54, 1.807) is 24.1 Å². The van der Waals surface area contributed by atoms with E-state index >= 15 is 0 Å². The Morgan fingerprint density at radius 3 is 2.71 bits per heavy atom. The molecule has 0 saturated carbocycles. The topological polar surface area (TPSA) is 47.3 Å². The molecule has 1 aromatic heterocycles. The van der Waals surface area contributed by atoms with Gasteiger partial charge in [0, 0.05) is 13.2 Å². The molecular weight excluding hydrogens is 284 g/mol. The van der Waals surface area contributed by atoms with Gasteiger partial charge in [-0.25, -0.2) is 0 Å². The molecule has 0 aliphatic rings. The first-order valence-corrected chi connectivity index (χ1v) is 5.92. The largest absolute Gasteiger partial charge is 0.496 e. The summed E-state index contributed by atoms with van der Waals surface area (Å²) >= 11 is 3.39. The fourth-order valence-electron chi connectivity index (χ4n) is 1.60. The van der Waals surface area contributed by atoms with Gasteiger partial charge in [-0.15, -0.1) is 0 Å². The van der Waals surface area contributed by atoms with E-state index in [4.69, 9.17) is 4.74 Å². The first-order valence-electron chi connectivity index (χ1n) is 5.13. The molecule has 17 heavy (non-hydrogen) atoms. The average molecular weight is 297 g/mol. The Bertz CT molecular complexity index is 525. The van der Waals surface area contributed by atoms with Gasteiger partial charge >= 0.3 is 0 Å². The molecule has 0 radical (unpaired) electrons. The van der Waals surface area contributed by atoms with Crippen LogP contribution in [0.5, 0.6) is 5.75 Å². The molecule has 1 heterocycles. The minimum atomic E-state index is -0.724. The van der Waals surface area contributed by atoms with E-state index in [-0.39, 0.29) is 0 Å².